The van der Waals surface area contributed by atoms with Crippen molar-refractivity contribution >= 4 is 11.7 Å². The first-order valence-corrected chi connectivity index (χ1v) is 10.3. The molecule has 30 heavy (non-hydrogen) atoms. The highest BCUT2D eigenvalue weighted by Gasteiger charge is 2.24. The summed E-state index contributed by atoms with van der Waals surface area (Å²) in [5, 5.41) is 7.78. The third-order valence-electron chi connectivity index (χ3n) is 4.90. The van der Waals surface area contributed by atoms with Gasteiger partial charge in [0, 0.05) is 30.4 Å². The summed E-state index contributed by atoms with van der Waals surface area (Å²) in [5.41, 5.74) is 11.5. The molecule has 0 atom stereocenters. The molecule has 0 radical (unpaired) electrons. The van der Waals surface area contributed by atoms with E-state index in [-0.39, 0.29) is 5.91 Å². The Bertz CT molecular complexity index is 968. The fourth-order valence-electron chi connectivity index (χ4n) is 3.39. The molecule has 0 unspecified atom stereocenters. The zero-order chi connectivity index (χ0) is 22.3. The van der Waals surface area contributed by atoms with Crippen LogP contribution in [0.5, 0.6) is 0 Å². The summed E-state index contributed by atoms with van der Waals surface area (Å²) >= 11 is 0. The van der Waals surface area contributed by atoms with Gasteiger partial charge in [-0.1, -0.05) is 38.6 Å². The number of carbonyl (C=O) groups is 1. The molecule has 6 nitrogen and oxygen atoms in total. The van der Waals surface area contributed by atoms with E-state index in [9.17, 15) is 4.79 Å². The maximum absolute atomic E-state index is 13.3. The molecule has 1 aliphatic heterocycles. The van der Waals surface area contributed by atoms with Crippen LogP contribution >= 0.6 is 0 Å². The van der Waals surface area contributed by atoms with Crippen LogP contribution in [-0.4, -0.2) is 27.1 Å². The number of amides is 1. The number of hydrogen-bond donors (Lipinski definition) is 2. The molecule has 0 saturated carbocycles. The number of benzene rings is 1. The molecule has 0 bridgehead atoms. The Balaban J connectivity index is 0.00000155. The summed E-state index contributed by atoms with van der Waals surface area (Å²) < 4.78 is 1.80. The minimum atomic E-state index is -0.0126. The normalized spacial score (nSPS) is 14.9. The van der Waals surface area contributed by atoms with E-state index in [1.54, 1.807) is 17.0 Å². The van der Waals surface area contributed by atoms with Gasteiger partial charge in [0.15, 0.2) is 0 Å². The van der Waals surface area contributed by atoms with Gasteiger partial charge in [0.1, 0.15) is 5.82 Å². The number of nitrogens with zero attached hydrogens (tertiary/aromatic N) is 3. The minimum Gasteiger partial charge on any atom is -0.342 e. The predicted molar refractivity (Wildman–Crippen MR) is 124 cm³/mol. The van der Waals surface area contributed by atoms with E-state index in [1.165, 1.54) is 0 Å². The van der Waals surface area contributed by atoms with E-state index >= 15 is 0 Å². The van der Waals surface area contributed by atoms with Gasteiger partial charge in [-0.2, -0.15) is 5.10 Å². The van der Waals surface area contributed by atoms with Gasteiger partial charge in [-0.3, -0.25) is 9.48 Å². The van der Waals surface area contributed by atoms with Crippen LogP contribution in [0.1, 0.15) is 47.8 Å². The molecule has 1 aromatic heterocycles. The van der Waals surface area contributed by atoms with Crippen LogP contribution < -0.4 is 11.1 Å². The van der Waals surface area contributed by atoms with Crippen LogP contribution in [0, 0.1) is 6.92 Å². The first kappa shape index (κ1) is 23.2. The van der Waals surface area contributed by atoms with Gasteiger partial charge in [-0.25, -0.2) is 0 Å². The van der Waals surface area contributed by atoms with Gasteiger partial charge in [-0.15, -0.1) is 0 Å². The number of nitrogens with one attached hydrogen (secondary N) is 1. The number of anilines is 1. The summed E-state index contributed by atoms with van der Waals surface area (Å²) in [7, 11) is 1.89. The molecule has 2 aromatic rings. The number of allylic oxidation sites excluding steroid dienone is 4. The van der Waals surface area contributed by atoms with Gasteiger partial charge in [0.25, 0.3) is 5.91 Å². The van der Waals surface area contributed by atoms with E-state index in [2.05, 4.69) is 17.0 Å². The first-order valence-electron chi connectivity index (χ1n) is 10.3. The molecule has 6 heteroatoms. The summed E-state index contributed by atoms with van der Waals surface area (Å²) in [5.74, 6) is 0.893. The molecule has 1 aromatic carbocycles. The predicted octanol–water partition coefficient (Wildman–Crippen LogP) is 4.30. The quantitative estimate of drug-likeness (QED) is 0.741. The maximum Gasteiger partial charge on any atom is 0.254 e. The van der Waals surface area contributed by atoms with Crippen molar-refractivity contribution in [1.29, 1.82) is 0 Å². The smallest absolute Gasteiger partial charge is 0.254 e. The number of nitrogens with two attached hydrogens (primary N) is 1. The third-order valence-corrected chi connectivity index (χ3v) is 4.90. The van der Waals surface area contributed by atoms with Crippen LogP contribution in [-0.2, 0) is 20.1 Å². The van der Waals surface area contributed by atoms with Crippen molar-refractivity contribution in [2.75, 3.05) is 11.9 Å². The monoisotopic (exact) mass is 407 g/mol. The average molecular weight is 408 g/mol. The molecule has 0 spiro atoms. The minimum absolute atomic E-state index is 0.0126. The zero-order valence-electron chi connectivity index (χ0n) is 18.7. The second kappa shape index (κ2) is 10.6. The topological polar surface area (TPSA) is 76.2 Å². The van der Waals surface area contributed by atoms with Crippen molar-refractivity contribution in [3.63, 3.8) is 0 Å². The summed E-state index contributed by atoms with van der Waals surface area (Å²) in [4.78, 5) is 15.1. The van der Waals surface area contributed by atoms with Crippen molar-refractivity contribution in [3.05, 3.63) is 82.7 Å². The van der Waals surface area contributed by atoms with Gasteiger partial charge >= 0.3 is 0 Å². The molecular weight excluding hydrogens is 374 g/mol. The Morgan fingerprint density at radius 3 is 2.70 bits per heavy atom. The van der Waals surface area contributed by atoms with E-state index < -0.39 is 0 Å². The molecule has 3 N–H and O–H groups in total. The standard InChI is InChI=1S/C22H27N5O.C2H6/c1-5-6-15(2)9-20-14-27(13-19-12-24-26(4)21(19)25-20)22(28)17-7-8-18(11-23)16(3)10-17;1-2/h5-10,12,25H,1,11,13-14,23H2,2-4H3;1-2H3/b15-6-,20-9+;. The average Bonchev–Trinajstić information content (AvgIpc) is 2.97. The second-order valence-corrected chi connectivity index (χ2v) is 7.09. The van der Waals surface area contributed by atoms with E-state index in [1.807, 2.05) is 70.0 Å². The van der Waals surface area contributed by atoms with Crippen LogP contribution in [0.4, 0.5) is 5.82 Å². The number of fused-ring (bicyclic) bond motifs is 1. The summed E-state index contributed by atoms with van der Waals surface area (Å²) in [6, 6.07) is 5.70. The molecule has 0 fully saturated rings. The van der Waals surface area contributed by atoms with Gasteiger partial charge in [0.2, 0.25) is 0 Å². The largest absolute Gasteiger partial charge is 0.342 e. The van der Waals surface area contributed by atoms with Crippen LogP contribution in [0.25, 0.3) is 0 Å². The Kier molecular flexibility index (Phi) is 8.18. The molecule has 1 aliphatic rings. The lowest BCUT2D eigenvalue weighted by atomic mass is 10.0. The molecule has 3 rings (SSSR count). The van der Waals surface area contributed by atoms with Crippen LogP contribution in [0.3, 0.4) is 0 Å². The second-order valence-electron chi connectivity index (χ2n) is 7.09. The van der Waals surface area contributed by atoms with Crippen LogP contribution in [0.15, 0.2) is 60.5 Å². The Morgan fingerprint density at radius 1 is 1.33 bits per heavy atom. The Labute approximate surface area is 179 Å². The SMILES string of the molecule is C=C/C=C(C)\C=C1/CN(C(=O)c2ccc(CN)c(C)c2)Cc2cnn(C)c2N1.CC. The lowest BCUT2D eigenvalue weighted by Gasteiger charge is -2.22. The fraction of sp³-hybridized carbons (Fsp3) is 0.333. The van der Waals surface area contributed by atoms with Gasteiger partial charge in [-0.05, 0) is 48.8 Å². The first-order chi connectivity index (χ1) is 14.4. The Morgan fingerprint density at radius 2 is 2.07 bits per heavy atom. The highest BCUT2D eigenvalue weighted by atomic mass is 16.2. The lowest BCUT2D eigenvalue weighted by molar-refractivity contribution is 0.0761. The number of hydrogen-bond acceptors (Lipinski definition) is 4. The van der Waals surface area contributed by atoms with Crippen molar-refractivity contribution in [2.24, 2.45) is 12.8 Å². The fourth-order valence-corrected chi connectivity index (χ4v) is 3.39. The molecule has 0 saturated heterocycles. The van der Waals surface area contributed by atoms with E-state index in [0.717, 1.165) is 33.8 Å². The summed E-state index contributed by atoms with van der Waals surface area (Å²) in [6.45, 7) is 13.2. The maximum atomic E-state index is 13.3. The summed E-state index contributed by atoms with van der Waals surface area (Å²) in [6.07, 6.45) is 7.53. The zero-order valence-corrected chi connectivity index (χ0v) is 18.7. The van der Waals surface area contributed by atoms with Gasteiger partial charge < -0.3 is 16.0 Å². The number of aryl methyl sites for hydroxylation is 2. The van der Waals surface area contributed by atoms with E-state index in [0.29, 0.717) is 25.2 Å². The lowest BCUT2D eigenvalue weighted by Crippen LogP contribution is -2.32. The number of aromatic nitrogens is 2. The van der Waals surface area contributed by atoms with Crippen molar-refractivity contribution < 1.29 is 4.79 Å². The van der Waals surface area contributed by atoms with Crippen LogP contribution in [0.2, 0.25) is 0 Å². The van der Waals surface area contributed by atoms with Gasteiger partial charge in [0.05, 0.1) is 19.3 Å². The van der Waals surface area contributed by atoms with Crippen molar-refractivity contribution in [3.8, 4) is 0 Å². The Hall–Kier alpha value is -3.12. The van der Waals surface area contributed by atoms with E-state index in [4.69, 9.17) is 5.73 Å². The van der Waals surface area contributed by atoms with Crippen molar-refractivity contribution in [1.82, 2.24) is 14.7 Å². The highest BCUT2D eigenvalue weighted by Crippen LogP contribution is 2.25. The number of carbonyl (C=O) groups excluding carboxylic acids is 1. The molecule has 1 amide bonds. The molecule has 160 valence electrons. The van der Waals surface area contributed by atoms with Crippen molar-refractivity contribution in [2.45, 2.75) is 40.8 Å². The molecule has 0 aliphatic carbocycles. The highest BCUT2D eigenvalue weighted by molar-refractivity contribution is 5.95. The molecule has 2 heterocycles. The number of rotatable bonds is 4. The third kappa shape index (κ3) is 5.27. The molecular formula is C24H33N5O.